The summed E-state index contributed by atoms with van der Waals surface area (Å²) in [6.07, 6.45) is 7.99. The lowest BCUT2D eigenvalue weighted by molar-refractivity contribution is -0.136. The number of alkyl halides is 1. The fraction of sp³-hybridized carbons (Fsp3) is 0.600. The highest BCUT2D eigenvalue weighted by Crippen LogP contribution is 2.69. The Labute approximate surface area is 238 Å². The smallest absolute Gasteiger partial charge is 0.176 e. The van der Waals surface area contributed by atoms with E-state index in [1.54, 1.807) is 13.2 Å². The average molecular weight is 544 g/mol. The number of piperidine rings is 1. The van der Waals surface area contributed by atoms with E-state index in [2.05, 4.69) is 47.9 Å². The normalized spacial score (nSPS) is 35.2. The molecule has 0 radical (unpaired) electrons. The van der Waals surface area contributed by atoms with Gasteiger partial charge in [-0.15, -0.1) is 5.92 Å². The first-order valence-electron chi connectivity index (χ1n) is 15.3. The Morgan fingerprint density at radius 2 is 1.90 bits per heavy atom. The van der Waals surface area contributed by atoms with Crippen LogP contribution in [0.15, 0.2) is 47.1 Å². The fourth-order valence-corrected chi connectivity index (χ4v) is 9.23. The summed E-state index contributed by atoms with van der Waals surface area (Å²) < 4.78 is 21.2. The zero-order valence-corrected chi connectivity index (χ0v) is 24.2. The lowest BCUT2D eigenvalue weighted by Crippen LogP contribution is -2.52. The van der Waals surface area contributed by atoms with Crippen molar-refractivity contribution < 1.29 is 18.7 Å². The molecule has 40 heavy (non-hydrogen) atoms. The first-order valence-corrected chi connectivity index (χ1v) is 15.3. The third-order valence-corrected chi connectivity index (χ3v) is 11.1. The second-order valence-corrected chi connectivity index (χ2v) is 12.9. The van der Waals surface area contributed by atoms with Crippen molar-refractivity contribution >= 4 is 17.3 Å². The molecule has 0 spiro atoms. The van der Waals surface area contributed by atoms with E-state index >= 15 is 4.39 Å². The molecule has 1 aromatic rings. The fourth-order valence-electron chi connectivity index (χ4n) is 9.23. The molecule has 0 aromatic heterocycles. The number of hydrogen-bond acceptors (Lipinski definition) is 4. The van der Waals surface area contributed by atoms with Gasteiger partial charge < -0.3 is 9.64 Å². The minimum Gasteiger partial charge on any atom is -0.377 e. The van der Waals surface area contributed by atoms with E-state index in [9.17, 15) is 9.59 Å². The largest absolute Gasteiger partial charge is 0.377 e. The average Bonchev–Trinajstić information content (AvgIpc) is 3.26. The van der Waals surface area contributed by atoms with Gasteiger partial charge in [0.2, 0.25) is 0 Å². The molecule has 6 atom stereocenters. The molecule has 212 valence electrons. The van der Waals surface area contributed by atoms with Crippen LogP contribution in [0.1, 0.15) is 83.1 Å². The molecular weight excluding hydrogens is 501 g/mol. The molecule has 0 amide bonds. The van der Waals surface area contributed by atoms with E-state index in [-0.39, 0.29) is 35.9 Å². The predicted octanol–water partition coefficient (Wildman–Crippen LogP) is 6.75. The first-order chi connectivity index (χ1) is 19.3. The molecular formula is C35H42FNO3. The van der Waals surface area contributed by atoms with Crippen molar-refractivity contribution in [2.75, 3.05) is 31.7 Å². The molecule has 4 aliphatic carbocycles. The van der Waals surface area contributed by atoms with Gasteiger partial charge in [-0.2, -0.15) is 0 Å². The Morgan fingerprint density at radius 3 is 2.60 bits per heavy atom. The zero-order chi connectivity index (χ0) is 28.1. The van der Waals surface area contributed by atoms with Crippen molar-refractivity contribution in [3.05, 3.63) is 52.6 Å². The van der Waals surface area contributed by atoms with Gasteiger partial charge in [-0.05, 0) is 110 Å². The van der Waals surface area contributed by atoms with Gasteiger partial charge in [-0.25, -0.2) is 4.39 Å². The number of allylic oxidation sites excluding steroid dienone is 4. The number of halogens is 1. The van der Waals surface area contributed by atoms with Crippen LogP contribution in [-0.2, 0) is 14.3 Å². The topological polar surface area (TPSA) is 46.6 Å². The highest BCUT2D eigenvalue weighted by atomic mass is 19.1. The van der Waals surface area contributed by atoms with E-state index < -0.39 is 17.0 Å². The van der Waals surface area contributed by atoms with Crippen molar-refractivity contribution in [2.45, 2.75) is 83.7 Å². The molecule has 1 saturated heterocycles. The highest BCUT2D eigenvalue weighted by molar-refractivity contribution is 5.93. The van der Waals surface area contributed by atoms with Crippen LogP contribution in [-0.4, -0.2) is 44.5 Å². The number of nitrogens with zero attached hydrogens (tertiary/aromatic N) is 1. The second-order valence-electron chi connectivity index (χ2n) is 12.9. The molecule has 5 aliphatic rings. The molecule has 3 fully saturated rings. The number of methoxy groups -OCH3 is 1. The van der Waals surface area contributed by atoms with Crippen LogP contribution in [0.3, 0.4) is 0 Å². The van der Waals surface area contributed by atoms with Crippen LogP contribution < -0.4 is 4.90 Å². The number of hydrogen-bond donors (Lipinski definition) is 0. The number of carbonyl (C=O) groups is 2. The maximum atomic E-state index is 15.9. The second kappa shape index (κ2) is 10.6. The summed E-state index contributed by atoms with van der Waals surface area (Å²) in [5.41, 5.74) is 4.33. The van der Waals surface area contributed by atoms with Crippen LogP contribution in [0.25, 0.3) is 0 Å². The Hall–Kier alpha value is -2.71. The van der Waals surface area contributed by atoms with Crippen LogP contribution >= 0.6 is 0 Å². The van der Waals surface area contributed by atoms with Gasteiger partial charge >= 0.3 is 0 Å². The Kier molecular flexibility index (Phi) is 7.28. The summed E-state index contributed by atoms with van der Waals surface area (Å²) in [7, 11) is 1.57. The minimum absolute atomic E-state index is 0.0341. The number of fused-ring (bicyclic) bond motifs is 4. The van der Waals surface area contributed by atoms with Gasteiger partial charge in [0.05, 0.1) is 5.41 Å². The molecule has 1 unspecified atom stereocenters. The van der Waals surface area contributed by atoms with Crippen LogP contribution in [0.4, 0.5) is 10.1 Å². The predicted molar refractivity (Wildman–Crippen MR) is 156 cm³/mol. The quantitative estimate of drug-likeness (QED) is 0.386. The Balaban J connectivity index is 1.49. The van der Waals surface area contributed by atoms with E-state index in [0.29, 0.717) is 31.3 Å². The van der Waals surface area contributed by atoms with E-state index in [1.807, 2.05) is 6.92 Å². The van der Waals surface area contributed by atoms with E-state index in [0.717, 1.165) is 31.5 Å². The molecule has 1 aromatic carbocycles. The summed E-state index contributed by atoms with van der Waals surface area (Å²) in [4.78, 5) is 28.6. The number of benzene rings is 1. The number of ketones is 2. The van der Waals surface area contributed by atoms with Crippen molar-refractivity contribution in [3.63, 3.8) is 0 Å². The van der Waals surface area contributed by atoms with Gasteiger partial charge in [0.25, 0.3) is 0 Å². The monoisotopic (exact) mass is 543 g/mol. The van der Waals surface area contributed by atoms with Crippen LogP contribution in [0.2, 0.25) is 0 Å². The van der Waals surface area contributed by atoms with Crippen molar-refractivity contribution in [1.29, 1.82) is 0 Å². The number of ether oxygens (including phenoxy) is 1. The zero-order valence-electron chi connectivity index (χ0n) is 24.2. The molecule has 2 saturated carbocycles. The van der Waals surface area contributed by atoms with Crippen molar-refractivity contribution in [2.24, 2.45) is 22.7 Å². The summed E-state index contributed by atoms with van der Waals surface area (Å²) in [5.74, 6) is 6.89. The van der Waals surface area contributed by atoms with Gasteiger partial charge in [-0.3, -0.25) is 9.59 Å². The summed E-state index contributed by atoms with van der Waals surface area (Å²) in [6.45, 7) is 6.31. The highest BCUT2D eigenvalue weighted by Gasteiger charge is 2.66. The van der Waals surface area contributed by atoms with E-state index in [1.165, 1.54) is 36.1 Å². The summed E-state index contributed by atoms with van der Waals surface area (Å²) in [6, 6.07) is 9.03. The third-order valence-electron chi connectivity index (χ3n) is 11.1. The molecule has 4 nitrogen and oxygen atoms in total. The van der Waals surface area contributed by atoms with Crippen molar-refractivity contribution in [1.82, 2.24) is 0 Å². The maximum Gasteiger partial charge on any atom is 0.176 e. The molecule has 1 aliphatic heterocycles. The first kappa shape index (κ1) is 27.5. The lowest BCUT2D eigenvalue weighted by atomic mass is 9.48. The number of Topliss-reactive ketones (excluding diaryl/α,β-unsaturated/α-hetero) is 1. The molecule has 0 bridgehead atoms. The third kappa shape index (κ3) is 4.21. The number of carbonyl (C=O) groups excluding carboxylic acids is 2. The molecule has 1 heterocycles. The lowest BCUT2D eigenvalue weighted by Gasteiger charge is -2.55. The Morgan fingerprint density at radius 1 is 1.15 bits per heavy atom. The van der Waals surface area contributed by atoms with Crippen LogP contribution in [0, 0.1) is 34.5 Å². The summed E-state index contributed by atoms with van der Waals surface area (Å²) >= 11 is 0. The molecule has 0 N–H and O–H groups in total. The Bertz CT molecular complexity index is 1310. The van der Waals surface area contributed by atoms with Crippen LogP contribution in [0.5, 0.6) is 0 Å². The number of anilines is 1. The standard InChI is InChI=1S/C35H42FNO3/c1-4-15-35(32(39)22-40-3)16-14-30-28-20-31(36)27-19-25(38)12-13-26(27)33(28)29(21-34(30,35)2)23-8-10-24(11-9-23)37-17-6-5-7-18-37/h8-11,19,28-31H,5-7,12-14,16-18,20-22H2,1-3H3/t28-,29+,30-,31?,34-,35+/m0/s1. The number of rotatable bonds is 5. The SMILES string of the molecule is CC#C[C@]1(C(=O)COC)CC[C@H]2[C@@H]3CC(F)C4=CC(=O)CCC4=C3[C@@H](c3ccc(N4CCCCC4)cc3)C[C@@]21C. The minimum atomic E-state index is -1.14. The van der Waals surface area contributed by atoms with Crippen molar-refractivity contribution in [3.8, 4) is 11.8 Å². The van der Waals surface area contributed by atoms with Gasteiger partial charge in [0.1, 0.15) is 12.8 Å². The molecule has 6 rings (SSSR count). The van der Waals surface area contributed by atoms with E-state index in [4.69, 9.17) is 4.74 Å². The summed E-state index contributed by atoms with van der Waals surface area (Å²) in [5, 5.41) is 0. The van der Waals surface area contributed by atoms with Gasteiger partial charge in [0.15, 0.2) is 11.6 Å². The molecule has 5 heteroatoms. The van der Waals surface area contributed by atoms with Gasteiger partial charge in [-0.1, -0.05) is 30.6 Å². The maximum absolute atomic E-state index is 15.9. The van der Waals surface area contributed by atoms with Gasteiger partial charge in [0, 0.05) is 38.2 Å².